The zero-order valence-electron chi connectivity index (χ0n) is 7.45. The van der Waals surface area contributed by atoms with Crippen molar-refractivity contribution in [1.29, 1.82) is 0 Å². The third kappa shape index (κ3) is 2.38. The van der Waals surface area contributed by atoms with Crippen LogP contribution in [0.1, 0.15) is 32.6 Å². The summed E-state index contributed by atoms with van der Waals surface area (Å²) in [7, 11) is 0. The van der Waals surface area contributed by atoms with Crippen molar-refractivity contribution in [3.8, 4) is 0 Å². The Hall–Kier alpha value is -0.760. The standard InChI is InChI=1S/C10H16O2/c1-2-9(11)7-8-5-3-4-6-10(8)12/h2,7,10-12H,3-6H2,1H3/b8-7+,9-2+/t10-/m1/s1. The lowest BCUT2D eigenvalue weighted by Crippen LogP contribution is -2.15. The Morgan fingerprint density at radius 3 is 2.83 bits per heavy atom. The molecule has 0 unspecified atom stereocenters. The van der Waals surface area contributed by atoms with Gasteiger partial charge in [-0.15, -0.1) is 0 Å². The van der Waals surface area contributed by atoms with E-state index in [1.807, 2.05) is 0 Å². The third-order valence-electron chi connectivity index (χ3n) is 2.25. The van der Waals surface area contributed by atoms with E-state index < -0.39 is 0 Å². The molecule has 2 N–H and O–H groups in total. The van der Waals surface area contributed by atoms with Gasteiger partial charge in [-0.2, -0.15) is 0 Å². The van der Waals surface area contributed by atoms with E-state index in [2.05, 4.69) is 0 Å². The van der Waals surface area contributed by atoms with Gasteiger partial charge in [0.25, 0.3) is 0 Å². The highest BCUT2D eigenvalue weighted by Gasteiger charge is 2.15. The summed E-state index contributed by atoms with van der Waals surface area (Å²) < 4.78 is 0. The molecule has 0 saturated heterocycles. The number of aliphatic hydroxyl groups excluding tert-OH is 2. The van der Waals surface area contributed by atoms with E-state index in [0.717, 1.165) is 31.3 Å². The van der Waals surface area contributed by atoms with Crippen LogP contribution in [0.5, 0.6) is 0 Å². The first kappa shape index (κ1) is 9.33. The lowest BCUT2D eigenvalue weighted by molar-refractivity contribution is 0.178. The summed E-state index contributed by atoms with van der Waals surface area (Å²) in [5.41, 5.74) is 0.969. The van der Waals surface area contributed by atoms with Crippen LogP contribution in [-0.2, 0) is 0 Å². The first-order valence-electron chi connectivity index (χ1n) is 4.48. The highest BCUT2D eigenvalue weighted by molar-refractivity contribution is 5.21. The molecule has 0 bridgehead atoms. The Kier molecular flexibility index (Phi) is 3.35. The minimum absolute atomic E-state index is 0.256. The van der Waals surface area contributed by atoms with Gasteiger partial charge in [0.2, 0.25) is 0 Å². The average molecular weight is 168 g/mol. The lowest BCUT2D eigenvalue weighted by atomic mass is 9.91. The fourth-order valence-electron chi connectivity index (χ4n) is 1.46. The third-order valence-corrected chi connectivity index (χ3v) is 2.25. The minimum atomic E-state index is -0.333. The second kappa shape index (κ2) is 4.31. The van der Waals surface area contributed by atoms with Gasteiger partial charge in [0.15, 0.2) is 0 Å². The molecule has 1 atom stereocenters. The van der Waals surface area contributed by atoms with Crippen LogP contribution in [0.15, 0.2) is 23.5 Å². The van der Waals surface area contributed by atoms with Gasteiger partial charge in [-0.25, -0.2) is 0 Å². The molecule has 68 valence electrons. The van der Waals surface area contributed by atoms with Gasteiger partial charge in [0.05, 0.1) is 6.10 Å². The van der Waals surface area contributed by atoms with Crippen molar-refractivity contribution in [2.75, 3.05) is 0 Å². The molecular formula is C10H16O2. The summed E-state index contributed by atoms with van der Waals surface area (Å²) in [6, 6.07) is 0. The molecule has 1 aliphatic carbocycles. The van der Waals surface area contributed by atoms with Gasteiger partial charge >= 0.3 is 0 Å². The molecule has 0 aliphatic heterocycles. The molecule has 0 spiro atoms. The fourth-order valence-corrected chi connectivity index (χ4v) is 1.46. The number of allylic oxidation sites excluding steroid dienone is 2. The monoisotopic (exact) mass is 168 g/mol. The molecule has 0 aromatic rings. The zero-order valence-corrected chi connectivity index (χ0v) is 7.45. The largest absolute Gasteiger partial charge is 0.508 e. The summed E-state index contributed by atoms with van der Waals surface area (Å²) in [6.07, 6.45) is 6.95. The maximum atomic E-state index is 9.51. The summed E-state index contributed by atoms with van der Waals surface area (Å²) in [5, 5.41) is 18.7. The molecule has 2 heteroatoms. The van der Waals surface area contributed by atoms with E-state index in [4.69, 9.17) is 0 Å². The van der Waals surface area contributed by atoms with Crippen LogP contribution in [0.4, 0.5) is 0 Å². The van der Waals surface area contributed by atoms with Crippen LogP contribution < -0.4 is 0 Å². The molecule has 0 aromatic carbocycles. The molecule has 0 aromatic heterocycles. The van der Waals surface area contributed by atoms with E-state index in [1.54, 1.807) is 19.1 Å². The van der Waals surface area contributed by atoms with E-state index in [0.29, 0.717) is 0 Å². The van der Waals surface area contributed by atoms with Crippen LogP contribution in [0, 0.1) is 0 Å². The van der Waals surface area contributed by atoms with Crippen LogP contribution in [-0.4, -0.2) is 16.3 Å². The predicted molar refractivity (Wildman–Crippen MR) is 48.9 cm³/mol. The molecule has 0 heterocycles. The number of hydrogen-bond donors (Lipinski definition) is 2. The summed E-state index contributed by atoms with van der Waals surface area (Å²) in [4.78, 5) is 0. The van der Waals surface area contributed by atoms with Gasteiger partial charge < -0.3 is 10.2 Å². The highest BCUT2D eigenvalue weighted by atomic mass is 16.3. The lowest BCUT2D eigenvalue weighted by Gasteiger charge is -2.20. The first-order chi connectivity index (χ1) is 5.74. The molecule has 0 radical (unpaired) electrons. The van der Waals surface area contributed by atoms with Crippen LogP contribution in [0.2, 0.25) is 0 Å². The van der Waals surface area contributed by atoms with Crippen molar-refractivity contribution in [1.82, 2.24) is 0 Å². The van der Waals surface area contributed by atoms with Crippen LogP contribution >= 0.6 is 0 Å². The Morgan fingerprint density at radius 2 is 2.25 bits per heavy atom. The molecule has 1 fully saturated rings. The summed E-state index contributed by atoms with van der Waals surface area (Å²) in [6.45, 7) is 1.78. The molecule has 1 saturated carbocycles. The van der Waals surface area contributed by atoms with Gasteiger partial charge in [-0.05, 0) is 43.9 Å². The maximum Gasteiger partial charge on any atom is 0.111 e. The number of aliphatic hydroxyl groups is 2. The predicted octanol–water partition coefficient (Wildman–Crippen LogP) is 2.31. The van der Waals surface area contributed by atoms with Crippen molar-refractivity contribution in [2.24, 2.45) is 0 Å². The van der Waals surface area contributed by atoms with E-state index in [1.165, 1.54) is 0 Å². The minimum Gasteiger partial charge on any atom is -0.508 e. The Balaban J connectivity index is 2.65. The van der Waals surface area contributed by atoms with Crippen LogP contribution in [0.3, 0.4) is 0 Å². The molecule has 2 nitrogen and oxygen atoms in total. The summed E-state index contributed by atoms with van der Waals surface area (Å²) >= 11 is 0. The zero-order chi connectivity index (χ0) is 8.97. The first-order valence-corrected chi connectivity index (χ1v) is 4.48. The fraction of sp³-hybridized carbons (Fsp3) is 0.600. The van der Waals surface area contributed by atoms with Crippen LogP contribution in [0.25, 0.3) is 0 Å². The maximum absolute atomic E-state index is 9.51. The van der Waals surface area contributed by atoms with E-state index in [-0.39, 0.29) is 11.9 Å². The van der Waals surface area contributed by atoms with Crippen molar-refractivity contribution >= 4 is 0 Å². The quantitative estimate of drug-likeness (QED) is 0.590. The molecular weight excluding hydrogens is 152 g/mol. The molecule has 12 heavy (non-hydrogen) atoms. The molecule has 1 rings (SSSR count). The van der Waals surface area contributed by atoms with Gasteiger partial charge in [-0.1, -0.05) is 6.42 Å². The Morgan fingerprint density at radius 1 is 1.50 bits per heavy atom. The van der Waals surface area contributed by atoms with Gasteiger partial charge in [0.1, 0.15) is 5.76 Å². The molecule has 0 amide bonds. The van der Waals surface area contributed by atoms with Gasteiger partial charge in [-0.3, -0.25) is 0 Å². The highest BCUT2D eigenvalue weighted by Crippen LogP contribution is 2.24. The SMILES string of the molecule is C/C=C(O)\C=C1/CCCC[C@H]1O. The Labute approximate surface area is 73.2 Å². The topological polar surface area (TPSA) is 40.5 Å². The van der Waals surface area contributed by atoms with Crippen molar-refractivity contribution < 1.29 is 10.2 Å². The van der Waals surface area contributed by atoms with Crippen molar-refractivity contribution in [3.63, 3.8) is 0 Å². The Bertz CT molecular complexity index is 204. The van der Waals surface area contributed by atoms with E-state index in [9.17, 15) is 10.2 Å². The van der Waals surface area contributed by atoms with Crippen molar-refractivity contribution in [2.45, 2.75) is 38.7 Å². The van der Waals surface area contributed by atoms with Crippen molar-refractivity contribution in [3.05, 3.63) is 23.5 Å². The smallest absolute Gasteiger partial charge is 0.111 e. The number of rotatable bonds is 1. The second-order valence-electron chi connectivity index (χ2n) is 3.19. The number of hydrogen-bond acceptors (Lipinski definition) is 2. The average Bonchev–Trinajstić information content (AvgIpc) is 2.09. The molecule has 1 aliphatic rings. The van der Waals surface area contributed by atoms with E-state index >= 15 is 0 Å². The van der Waals surface area contributed by atoms with Gasteiger partial charge in [0, 0.05) is 0 Å². The second-order valence-corrected chi connectivity index (χ2v) is 3.19. The summed E-state index contributed by atoms with van der Waals surface area (Å²) in [5.74, 6) is 0.256. The normalized spacial score (nSPS) is 29.3.